The maximum Gasteiger partial charge on any atom is 0.445 e. The average molecular weight is 597 g/mol. The Kier molecular flexibility index (Phi) is 6.11. The van der Waals surface area contributed by atoms with Gasteiger partial charge in [0.2, 0.25) is 15.0 Å². The number of sulfonamides is 1. The topological polar surface area (TPSA) is 146 Å². The lowest BCUT2D eigenvalue weighted by Gasteiger charge is -2.37. The number of hydrogen-bond donors (Lipinski definition) is 1. The van der Waals surface area contributed by atoms with Crippen molar-refractivity contribution in [2.75, 3.05) is 38.2 Å². The van der Waals surface area contributed by atoms with Crippen LogP contribution >= 0.6 is 11.3 Å². The molecule has 0 bridgehead atoms. The molecule has 3 aliphatic rings. The molecule has 6 rings (SSSR count). The number of methoxy groups -OCH3 is 1. The van der Waals surface area contributed by atoms with Gasteiger partial charge < -0.3 is 14.5 Å². The molecule has 4 heterocycles. The SMILES string of the molecule is COC1(C(=O)N2CCN(c3cc(S(=O)(=O)NC4(C#N)CC4)cn4c(-c5nnc(C(F)(F)F)s5)ncc34)CC2)CC1. The number of halogens is 3. The Bertz CT molecular complexity index is 1650. The van der Waals surface area contributed by atoms with Gasteiger partial charge in [0.25, 0.3) is 5.91 Å². The van der Waals surface area contributed by atoms with Gasteiger partial charge in [-0.05, 0) is 31.7 Å². The molecule has 0 atom stereocenters. The number of hydrogen-bond acceptors (Lipinski definition) is 10. The molecule has 2 aliphatic carbocycles. The number of imidazole rings is 1. The van der Waals surface area contributed by atoms with Crippen molar-refractivity contribution in [3.8, 4) is 16.9 Å². The minimum Gasteiger partial charge on any atom is -0.368 e. The molecule has 0 spiro atoms. The fourth-order valence-corrected chi connectivity index (χ4v) is 6.87. The van der Waals surface area contributed by atoms with Crippen molar-refractivity contribution in [2.45, 2.75) is 47.9 Å². The lowest BCUT2D eigenvalue weighted by molar-refractivity contribution is -0.145. The molecule has 0 unspecified atom stereocenters. The number of piperazine rings is 1. The van der Waals surface area contributed by atoms with Crippen LogP contribution in [0.15, 0.2) is 23.4 Å². The standard InChI is InChI=1S/C23H23F3N8O4S2/c1-38-22(4-5-22)20(35)33-8-6-32(7-9-33)15-10-14(40(36,37)31-21(13-27)2-3-21)12-34-16(15)11-28-17(34)18-29-30-19(39-18)23(24,25)26/h10-12,31H,2-9H2,1H3. The van der Waals surface area contributed by atoms with Crippen LogP contribution in [0.5, 0.6) is 0 Å². The quantitative estimate of drug-likeness (QED) is 0.433. The number of carbonyl (C=O) groups is 1. The minimum absolute atomic E-state index is 0.00713. The first kappa shape index (κ1) is 26.9. The van der Waals surface area contributed by atoms with Gasteiger partial charge in [0.15, 0.2) is 10.8 Å². The largest absolute Gasteiger partial charge is 0.445 e. The molecular formula is C23H23F3N8O4S2. The predicted octanol–water partition coefficient (Wildman–Crippen LogP) is 2.03. The number of alkyl halides is 3. The Hall–Kier alpha value is -3.33. The highest BCUT2D eigenvalue weighted by molar-refractivity contribution is 7.89. The van der Waals surface area contributed by atoms with Crippen molar-refractivity contribution in [3.05, 3.63) is 23.5 Å². The van der Waals surface area contributed by atoms with E-state index in [1.807, 2.05) is 11.0 Å². The molecule has 212 valence electrons. The maximum atomic E-state index is 13.4. The van der Waals surface area contributed by atoms with E-state index in [9.17, 15) is 31.6 Å². The second kappa shape index (κ2) is 9.09. The van der Waals surface area contributed by atoms with E-state index >= 15 is 0 Å². The number of aromatic nitrogens is 4. The highest BCUT2D eigenvalue weighted by Crippen LogP contribution is 2.41. The zero-order valence-corrected chi connectivity index (χ0v) is 22.7. The zero-order valence-electron chi connectivity index (χ0n) is 21.1. The molecule has 1 saturated heterocycles. The Labute approximate surface area is 230 Å². The molecular weight excluding hydrogens is 573 g/mol. The molecule has 3 fully saturated rings. The van der Waals surface area contributed by atoms with Gasteiger partial charge in [-0.2, -0.15) is 23.2 Å². The Morgan fingerprint density at radius 1 is 1.18 bits per heavy atom. The first-order valence-electron chi connectivity index (χ1n) is 12.4. The molecule has 1 amide bonds. The van der Waals surface area contributed by atoms with Crippen molar-refractivity contribution in [1.29, 1.82) is 5.26 Å². The Morgan fingerprint density at radius 2 is 1.88 bits per heavy atom. The Morgan fingerprint density at radius 3 is 2.42 bits per heavy atom. The van der Waals surface area contributed by atoms with Gasteiger partial charge in [-0.25, -0.2) is 13.4 Å². The van der Waals surface area contributed by atoms with E-state index < -0.39 is 32.3 Å². The maximum absolute atomic E-state index is 13.4. The molecule has 17 heteroatoms. The van der Waals surface area contributed by atoms with Crippen molar-refractivity contribution in [1.82, 2.24) is 29.2 Å². The summed E-state index contributed by atoms with van der Waals surface area (Å²) < 4.78 is 75.6. The summed E-state index contributed by atoms with van der Waals surface area (Å²) in [5.74, 6) is -0.0813. The van der Waals surface area contributed by atoms with Crippen LogP contribution in [0.3, 0.4) is 0 Å². The molecule has 1 aliphatic heterocycles. The van der Waals surface area contributed by atoms with E-state index in [0.29, 0.717) is 74.4 Å². The highest BCUT2D eigenvalue weighted by Gasteiger charge is 2.52. The van der Waals surface area contributed by atoms with Crippen LogP contribution < -0.4 is 9.62 Å². The number of rotatable bonds is 7. The minimum atomic E-state index is -4.69. The zero-order chi connectivity index (χ0) is 28.5. The summed E-state index contributed by atoms with van der Waals surface area (Å²) in [7, 11) is -2.68. The molecule has 0 aromatic carbocycles. The molecule has 3 aromatic heterocycles. The first-order valence-corrected chi connectivity index (χ1v) is 14.7. The van der Waals surface area contributed by atoms with Crippen LogP contribution in [0.1, 0.15) is 30.7 Å². The predicted molar refractivity (Wildman–Crippen MR) is 135 cm³/mol. The molecule has 3 aromatic rings. The van der Waals surface area contributed by atoms with E-state index in [1.165, 1.54) is 30.0 Å². The van der Waals surface area contributed by atoms with Gasteiger partial charge in [-0.1, -0.05) is 11.3 Å². The molecule has 0 radical (unpaired) electrons. The van der Waals surface area contributed by atoms with Gasteiger partial charge in [0.1, 0.15) is 16.0 Å². The Balaban J connectivity index is 1.38. The molecule has 40 heavy (non-hydrogen) atoms. The average Bonchev–Trinajstić information content (AvgIpc) is 3.78. The first-order chi connectivity index (χ1) is 18.9. The lowest BCUT2D eigenvalue weighted by atomic mass is 10.2. The molecule has 2 saturated carbocycles. The second-order valence-corrected chi connectivity index (χ2v) is 12.7. The van der Waals surface area contributed by atoms with Crippen LogP contribution in [0.25, 0.3) is 16.3 Å². The smallest absolute Gasteiger partial charge is 0.368 e. The van der Waals surface area contributed by atoms with E-state index in [4.69, 9.17) is 4.74 Å². The summed E-state index contributed by atoms with van der Waals surface area (Å²) in [4.78, 5) is 20.6. The fraction of sp³-hybridized carbons (Fsp3) is 0.522. The number of nitrogens with zero attached hydrogens (tertiary/aromatic N) is 7. The van der Waals surface area contributed by atoms with Gasteiger partial charge >= 0.3 is 6.18 Å². The van der Waals surface area contributed by atoms with E-state index in [1.54, 1.807) is 4.90 Å². The third kappa shape index (κ3) is 4.58. The third-order valence-corrected chi connectivity index (χ3v) is 9.92. The summed E-state index contributed by atoms with van der Waals surface area (Å²) >= 11 is 0.296. The number of anilines is 1. The number of fused-ring (bicyclic) bond motifs is 1. The van der Waals surface area contributed by atoms with Crippen molar-refractivity contribution < 1.29 is 31.1 Å². The van der Waals surface area contributed by atoms with Crippen molar-refractivity contribution in [3.63, 3.8) is 0 Å². The lowest BCUT2D eigenvalue weighted by Crippen LogP contribution is -2.52. The fourth-order valence-electron chi connectivity index (χ4n) is 4.78. The normalized spacial score (nSPS) is 20.0. The summed E-state index contributed by atoms with van der Waals surface area (Å²) in [6, 6.07) is 3.44. The van der Waals surface area contributed by atoms with Crippen LogP contribution in [0.4, 0.5) is 18.9 Å². The summed E-state index contributed by atoms with van der Waals surface area (Å²) in [6.07, 6.45) is 0.0714. The van der Waals surface area contributed by atoms with Crippen molar-refractivity contribution >= 4 is 38.5 Å². The second-order valence-electron chi connectivity index (χ2n) is 10.1. The third-order valence-electron chi connectivity index (χ3n) is 7.45. The van der Waals surface area contributed by atoms with Gasteiger partial charge in [0.05, 0.1) is 23.5 Å². The van der Waals surface area contributed by atoms with Gasteiger partial charge in [-0.15, -0.1) is 10.2 Å². The van der Waals surface area contributed by atoms with Crippen LogP contribution in [0, 0.1) is 11.3 Å². The van der Waals surface area contributed by atoms with E-state index in [-0.39, 0.29) is 21.6 Å². The summed E-state index contributed by atoms with van der Waals surface area (Å²) in [5.41, 5.74) is -1.04. The van der Waals surface area contributed by atoms with Gasteiger partial charge in [-0.3, -0.25) is 9.20 Å². The number of pyridine rings is 1. The summed E-state index contributed by atoms with van der Waals surface area (Å²) in [5, 5.41) is 15.0. The number of nitriles is 1. The van der Waals surface area contributed by atoms with Crippen molar-refractivity contribution in [2.24, 2.45) is 0 Å². The van der Waals surface area contributed by atoms with Gasteiger partial charge in [0, 0.05) is 39.5 Å². The molecule has 1 N–H and O–H groups in total. The van der Waals surface area contributed by atoms with Crippen LogP contribution in [-0.4, -0.2) is 83.2 Å². The van der Waals surface area contributed by atoms with Crippen LogP contribution in [0.2, 0.25) is 0 Å². The highest BCUT2D eigenvalue weighted by atomic mass is 32.2. The van der Waals surface area contributed by atoms with Crippen LogP contribution in [-0.2, 0) is 25.7 Å². The molecule has 12 nitrogen and oxygen atoms in total. The summed E-state index contributed by atoms with van der Waals surface area (Å²) in [6.45, 7) is 1.49. The number of carbonyl (C=O) groups excluding carboxylic acids is 1. The number of nitrogens with one attached hydrogen (secondary N) is 1. The number of ether oxygens (including phenoxy) is 1. The monoisotopic (exact) mass is 596 g/mol. The van der Waals surface area contributed by atoms with E-state index in [2.05, 4.69) is 19.9 Å². The number of amides is 1. The van der Waals surface area contributed by atoms with E-state index in [0.717, 1.165) is 0 Å².